The summed E-state index contributed by atoms with van der Waals surface area (Å²) < 4.78 is 11.5. The lowest BCUT2D eigenvalue weighted by Crippen LogP contribution is -2.49. The van der Waals surface area contributed by atoms with Gasteiger partial charge in [-0.15, -0.1) is 0 Å². The number of hydrogen-bond acceptors (Lipinski definition) is 5. The third kappa shape index (κ3) is 5.92. The summed E-state index contributed by atoms with van der Waals surface area (Å²) >= 11 is 6.18. The molecule has 4 rings (SSSR count). The largest absolute Gasteiger partial charge is 0.489 e. The molecule has 3 aliphatic heterocycles. The Balaban J connectivity index is 1.24. The van der Waals surface area contributed by atoms with Crippen LogP contribution in [-0.2, 0) is 16.1 Å². The lowest BCUT2D eigenvalue weighted by molar-refractivity contribution is -0.133. The molecule has 0 spiro atoms. The molecule has 0 N–H and O–H groups in total. The third-order valence-electron chi connectivity index (χ3n) is 7.10. The maximum absolute atomic E-state index is 12.9. The van der Waals surface area contributed by atoms with Crippen molar-refractivity contribution in [3.63, 3.8) is 0 Å². The number of benzene rings is 1. The first-order chi connectivity index (χ1) is 15.0. The van der Waals surface area contributed by atoms with Gasteiger partial charge in [0.25, 0.3) is 0 Å². The number of amides is 1. The minimum absolute atomic E-state index is 0.0925. The molecule has 1 aromatic rings. The quantitative estimate of drug-likeness (QED) is 0.690. The van der Waals surface area contributed by atoms with Crippen LogP contribution in [0.3, 0.4) is 0 Å². The Morgan fingerprint density at radius 2 is 1.94 bits per heavy atom. The number of nitrogens with zero attached hydrogens (tertiary/aromatic N) is 3. The fourth-order valence-corrected chi connectivity index (χ4v) is 5.40. The lowest BCUT2D eigenvalue weighted by Gasteiger charge is -2.41. The van der Waals surface area contributed by atoms with Crippen LogP contribution < -0.4 is 4.74 Å². The highest BCUT2D eigenvalue weighted by Gasteiger charge is 2.30. The van der Waals surface area contributed by atoms with Gasteiger partial charge in [0, 0.05) is 68.9 Å². The summed E-state index contributed by atoms with van der Waals surface area (Å²) in [7, 11) is 0. The van der Waals surface area contributed by atoms with Crippen molar-refractivity contribution >= 4 is 17.5 Å². The van der Waals surface area contributed by atoms with E-state index >= 15 is 0 Å². The Bertz CT molecular complexity index is 748. The normalized spacial score (nSPS) is 24.9. The van der Waals surface area contributed by atoms with Crippen molar-refractivity contribution in [1.82, 2.24) is 14.7 Å². The van der Waals surface area contributed by atoms with Crippen LogP contribution >= 0.6 is 11.6 Å². The molecular weight excluding hydrogens is 414 g/mol. The van der Waals surface area contributed by atoms with Crippen LogP contribution in [0.5, 0.6) is 5.75 Å². The Hall–Kier alpha value is -1.34. The highest BCUT2D eigenvalue weighted by atomic mass is 35.5. The molecule has 3 aliphatic rings. The van der Waals surface area contributed by atoms with Crippen molar-refractivity contribution < 1.29 is 14.3 Å². The van der Waals surface area contributed by atoms with E-state index in [2.05, 4.69) is 28.5 Å². The summed E-state index contributed by atoms with van der Waals surface area (Å²) in [4.78, 5) is 19.9. The Labute approximate surface area is 191 Å². The first kappa shape index (κ1) is 22.8. The van der Waals surface area contributed by atoms with Gasteiger partial charge in [-0.1, -0.05) is 11.6 Å². The van der Waals surface area contributed by atoms with Gasteiger partial charge in [0.1, 0.15) is 11.9 Å². The molecule has 172 valence electrons. The molecule has 7 heteroatoms. The summed E-state index contributed by atoms with van der Waals surface area (Å²) in [6, 6.07) is 6.37. The van der Waals surface area contributed by atoms with Crippen LogP contribution in [0.1, 0.15) is 38.7 Å². The minimum Gasteiger partial charge on any atom is -0.489 e. The number of likely N-dealkylation sites (tertiary alicyclic amines) is 1. The summed E-state index contributed by atoms with van der Waals surface area (Å²) in [5.74, 6) is 1.86. The van der Waals surface area contributed by atoms with Crippen LogP contribution in [0, 0.1) is 5.92 Å². The molecular formula is C24H36ClN3O3. The summed E-state index contributed by atoms with van der Waals surface area (Å²) in [6.45, 7) is 12.3. The maximum atomic E-state index is 12.9. The highest BCUT2D eigenvalue weighted by molar-refractivity contribution is 6.30. The van der Waals surface area contributed by atoms with Gasteiger partial charge in [0.15, 0.2) is 0 Å². The Morgan fingerprint density at radius 3 is 2.68 bits per heavy atom. The molecule has 6 nitrogen and oxygen atoms in total. The zero-order valence-electron chi connectivity index (χ0n) is 18.9. The van der Waals surface area contributed by atoms with Gasteiger partial charge in [0.2, 0.25) is 5.91 Å². The average molecular weight is 450 g/mol. The topological polar surface area (TPSA) is 45.3 Å². The number of hydrogen-bond donors (Lipinski definition) is 0. The number of fused-ring (bicyclic) bond motifs is 1. The van der Waals surface area contributed by atoms with Gasteiger partial charge in [-0.3, -0.25) is 14.6 Å². The van der Waals surface area contributed by atoms with Gasteiger partial charge in [0.05, 0.1) is 13.2 Å². The Kier molecular flexibility index (Phi) is 7.75. The predicted octanol–water partition coefficient (Wildman–Crippen LogP) is 3.27. The van der Waals surface area contributed by atoms with Crippen LogP contribution in [0.25, 0.3) is 0 Å². The van der Waals surface area contributed by atoms with Gasteiger partial charge in [-0.25, -0.2) is 0 Å². The molecule has 1 aromatic carbocycles. The molecule has 2 atom stereocenters. The molecule has 1 amide bonds. The number of rotatable bonds is 5. The monoisotopic (exact) mass is 449 g/mol. The SMILES string of the molecule is C[C@@H]1CN(CCC(=O)N2CCC([C@H](C)N3CCOCC3)CC2)Cc2cc(Cl)ccc2O1. The van der Waals surface area contributed by atoms with E-state index in [1.165, 1.54) is 0 Å². The fraction of sp³-hybridized carbons (Fsp3) is 0.708. The van der Waals surface area contributed by atoms with Gasteiger partial charge < -0.3 is 14.4 Å². The zero-order chi connectivity index (χ0) is 21.8. The molecule has 0 bridgehead atoms. The van der Waals surface area contributed by atoms with Gasteiger partial charge >= 0.3 is 0 Å². The summed E-state index contributed by atoms with van der Waals surface area (Å²) in [5, 5.41) is 0.724. The van der Waals surface area contributed by atoms with Gasteiger partial charge in [-0.05, 0) is 50.8 Å². The lowest BCUT2D eigenvalue weighted by atomic mass is 9.89. The van der Waals surface area contributed by atoms with Crippen molar-refractivity contribution in [2.24, 2.45) is 5.92 Å². The molecule has 0 aromatic heterocycles. The van der Waals surface area contributed by atoms with Crippen molar-refractivity contribution in [3.8, 4) is 5.75 Å². The average Bonchev–Trinajstić information content (AvgIpc) is 2.95. The van der Waals surface area contributed by atoms with Crippen LogP contribution in [0.15, 0.2) is 18.2 Å². The predicted molar refractivity (Wildman–Crippen MR) is 123 cm³/mol. The smallest absolute Gasteiger partial charge is 0.223 e. The van der Waals surface area contributed by atoms with Crippen LogP contribution in [-0.4, -0.2) is 85.2 Å². The molecule has 3 heterocycles. The molecule has 0 saturated carbocycles. The second-order valence-corrected chi connectivity index (χ2v) is 9.71. The van der Waals surface area contributed by atoms with E-state index in [1.807, 2.05) is 18.2 Å². The third-order valence-corrected chi connectivity index (χ3v) is 7.33. The van der Waals surface area contributed by atoms with Crippen molar-refractivity contribution in [1.29, 1.82) is 0 Å². The fourth-order valence-electron chi connectivity index (χ4n) is 5.21. The molecule has 0 aliphatic carbocycles. The first-order valence-corrected chi connectivity index (χ1v) is 12.1. The molecule has 2 saturated heterocycles. The van der Waals surface area contributed by atoms with E-state index in [9.17, 15) is 4.79 Å². The van der Waals surface area contributed by atoms with Crippen molar-refractivity contribution in [3.05, 3.63) is 28.8 Å². The highest BCUT2D eigenvalue weighted by Crippen LogP contribution is 2.28. The van der Waals surface area contributed by atoms with E-state index in [-0.39, 0.29) is 12.0 Å². The van der Waals surface area contributed by atoms with Crippen molar-refractivity contribution in [2.45, 2.75) is 51.8 Å². The van der Waals surface area contributed by atoms with Gasteiger partial charge in [-0.2, -0.15) is 0 Å². The van der Waals surface area contributed by atoms with E-state index in [1.54, 1.807) is 0 Å². The maximum Gasteiger partial charge on any atom is 0.223 e. The molecule has 0 radical (unpaired) electrons. The van der Waals surface area contributed by atoms with Crippen molar-refractivity contribution in [2.75, 3.05) is 52.5 Å². The number of piperidine rings is 1. The molecule has 0 unspecified atom stereocenters. The summed E-state index contributed by atoms with van der Waals surface area (Å²) in [5.41, 5.74) is 1.10. The number of morpholine rings is 1. The van der Waals surface area contributed by atoms with Crippen LogP contribution in [0.4, 0.5) is 0 Å². The second kappa shape index (κ2) is 10.5. The number of ether oxygens (including phenoxy) is 2. The second-order valence-electron chi connectivity index (χ2n) is 9.27. The van der Waals surface area contributed by atoms with Crippen LogP contribution in [0.2, 0.25) is 5.02 Å². The number of carbonyl (C=O) groups excluding carboxylic acids is 1. The molecule has 31 heavy (non-hydrogen) atoms. The standard InChI is InChI=1S/C24H36ClN3O3/c1-18-16-26(17-21-15-22(25)3-4-23(21)31-18)8-7-24(29)28-9-5-20(6-10-28)19(2)27-11-13-30-14-12-27/h3-4,15,18-20H,5-14,16-17H2,1-2H3/t18-,19+/m1/s1. The first-order valence-electron chi connectivity index (χ1n) is 11.8. The summed E-state index contributed by atoms with van der Waals surface area (Å²) in [6.07, 6.45) is 2.86. The van der Waals surface area contributed by atoms with E-state index in [4.69, 9.17) is 21.1 Å². The van der Waals surface area contributed by atoms with E-state index < -0.39 is 0 Å². The van der Waals surface area contributed by atoms with E-state index in [0.29, 0.717) is 18.4 Å². The van der Waals surface area contributed by atoms with E-state index in [0.717, 1.165) is 88.2 Å². The number of halogens is 1. The number of carbonyl (C=O) groups is 1. The minimum atomic E-state index is 0.0925. The molecule has 2 fully saturated rings. The zero-order valence-corrected chi connectivity index (χ0v) is 19.6. The Morgan fingerprint density at radius 1 is 1.19 bits per heavy atom.